The van der Waals surface area contributed by atoms with Crippen LogP contribution in [0.3, 0.4) is 0 Å². The molecular weight excluding hydrogens is 390 g/mol. The molecular formula is C21H19F4NO3. The first kappa shape index (κ1) is 19.5. The third-order valence-corrected chi connectivity index (χ3v) is 5.51. The Morgan fingerprint density at radius 2 is 1.62 bits per heavy atom. The summed E-state index contributed by atoms with van der Waals surface area (Å²) in [5.74, 6) is -5.69. The summed E-state index contributed by atoms with van der Waals surface area (Å²) >= 11 is 0. The highest BCUT2D eigenvalue weighted by atomic mass is 19.2. The van der Waals surface area contributed by atoms with Crippen LogP contribution in [-0.4, -0.2) is 30.7 Å². The Morgan fingerprint density at radius 3 is 2.31 bits per heavy atom. The lowest BCUT2D eigenvalue weighted by Crippen LogP contribution is -2.39. The minimum atomic E-state index is -1.65. The number of fused-ring (bicyclic) bond motifs is 1. The molecule has 0 radical (unpaired) electrons. The lowest BCUT2D eigenvalue weighted by molar-refractivity contribution is 0.0674. The molecule has 29 heavy (non-hydrogen) atoms. The normalized spacial score (nSPS) is 16.3. The van der Waals surface area contributed by atoms with Gasteiger partial charge in [-0.2, -0.15) is 0 Å². The van der Waals surface area contributed by atoms with Crippen molar-refractivity contribution in [2.75, 3.05) is 19.9 Å². The van der Waals surface area contributed by atoms with Gasteiger partial charge in [-0.1, -0.05) is 6.07 Å². The van der Waals surface area contributed by atoms with Crippen LogP contribution in [-0.2, 0) is 6.42 Å². The van der Waals surface area contributed by atoms with E-state index in [4.69, 9.17) is 9.47 Å². The topological polar surface area (TPSA) is 38.8 Å². The van der Waals surface area contributed by atoms with E-state index in [1.54, 1.807) is 0 Å². The molecule has 4 nitrogen and oxygen atoms in total. The summed E-state index contributed by atoms with van der Waals surface area (Å²) in [7, 11) is 0. The number of halogens is 4. The maximum Gasteiger partial charge on any atom is 0.260 e. The Balaban J connectivity index is 1.34. The van der Waals surface area contributed by atoms with Gasteiger partial charge in [0.05, 0.1) is 0 Å². The van der Waals surface area contributed by atoms with E-state index in [0.29, 0.717) is 18.8 Å². The summed E-state index contributed by atoms with van der Waals surface area (Å²) in [6, 6.07) is 5.91. The Hall–Kier alpha value is -2.77. The quantitative estimate of drug-likeness (QED) is 0.553. The maximum absolute atomic E-state index is 13.9. The third kappa shape index (κ3) is 3.88. The molecule has 0 atom stereocenters. The molecule has 0 bridgehead atoms. The third-order valence-electron chi connectivity index (χ3n) is 5.51. The number of piperidine rings is 1. The van der Waals surface area contributed by atoms with Crippen LogP contribution in [0.1, 0.15) is 35.2 Å². The molecule has 154 valence electrons. The fourth-order valence-electron chi connectivity index (χ4n) is 3.81. The lowest BCUT2D eigenvalue weighted by atomic mass is 9.90. The zero-order chi connectivity index (χ0) is 20.5. The van der Waals surface area contributed by atoms with E-state index < -0.39 is 34.7 Å². The van der Waals surface area contributed by atoms with E-state index in [1.165, 1.54) is 4.90 Å². The predicted molar refractivity (Wildman–Crippen MR) is 95.8 cm³/mol. The first-order valence-electron chi connectivity index (χ1n) is 9.45. The second-order valence-corrected chi connectivity index (χ2v) is 7.31. The highest BCUT2D eigenvalue weighted by Crippen LogP contribution is 2.33. The molecule has 0 aliphatic carbocycles. The van der Waals surface area contributed by atoms with Gasteiger partial charge in [0.25, 0.3) is 5.91 Å². The smallest absolute Gasteiger partial charge is 0.260 e. The van der Waals surface area contributed by atoms with Crippen LogP contribution in [0.4, 0.5) is 17.6 Å². The monoisotopic (exact) mass is 409 g/mol. The number of carbonyl (C=O) groups is 1. The number of ether oxygens (including phenoxy) is 2. The molecule has 2 aliphatic heterocycles. The highest BCUT2D eigenvalue weighted by molar-refractivity contribution is 5.95. The Bertz CT molecular complexity index is 916. The average molecular weight is 409 g/mol. The lowest BCUT2D eigenvalue weighted by Gasteiger charge is -2.32. The zero-order valence-electron chi connectivity index (χ0n) is 15.5. The number of aryl methyl sites for hydroxylation is 1. The van der Waals surface area contributed by atoms with E-state index >= 15 is 0 Å². The van der Waals surface area contributed by atoms with Crippen molar-refractivity contribution in [3.63, 3.8) is 0 Å². The molecule has 2 heterocycles. The van der Waals surface area contributed by atoms with E-state index in [-0.39, 0.29) is 25.9 Å². The fraction of sp³-hybridized carbons (Fsp3) is 0.381. The van der Waals surface area contributed by atoms with Crippen molar-refractivity contribution < 1.29 is 31.8 Å². The van der Waals surface area contributed by atoms with Crippen LogP contribution < -0.4 is 9.47 Å². The molecule has 4 rings (SSSR count). The minimum Gasteiger partial charge on any atom is -0.454 e. The van der Waals surface area contributed by atoms with Crippen LogP contribution in [0.15, 0.2) is 24.3 Å². The summed E-state index contributed by atoms with van der Waals surface area (Å²) in [6.45, 7) is 0.783. The van der Waals surface area contributed by atoms with Crippen LogP contribution in [0, 0.1) is 29.2 Å². The molecule has 0 N–H and O–H groups in total. The minimum absolute atomic E-state index is 0.101. The maximum atomic E-state index is 13.9. The van der Waals surface area contributed by atoms with Crippen LogP contribution in [0.2, 0.25) is 0 Å². The Labute approximate surface area is 165 Å². The van der Waals surface area contributed by atoms with E-state index in [9.17, 15) is 22.4 Å². The van der Waals surface area contributed by atoms with Crippen molar-refractivity contribution in [3.05, 3.63) is 58.7 Å². The zero-order valence-corrected chi connectivity index (χ0v) is 15.5. The van der Waals surface area contributed by atoms with Crippen molar-refractivity contribution >= 4 is 5.91 Å². The van der Waals surface area contributed by atoms with Gasteiger partial charge in [-0.25, -0.2) is 17.6 Å². The van der Waals surface area contributed by atoms with Crippen molar-refractivity contribution in [2.45, 2.75) is 25.7 Å². The van der Waals surface area contributed by atoms with Gasteiger partial charge in [-0.05, 0) is 49.3 Å². The van der Waals surface area contributed by atoms with Crippen molar-refractivity contribution in [2.24, 2.45) is 5.92 Å². The molecule has 2 aromatic rings. The number of nitrogens with zero attached hydrogens (tertiary/aromatic N) is 1. The number of hydrogen-bond acceptors (Lipinski definition) is 3. The molecule has 1 fully saturated rings. The van der Waals surface area contributed by atoms with Gasteiger partial charge in [0, 0.05) is 19.2 Å². The van der Waals surface area contributed by atoms with Crippen LogP contribution >= 0.6 is 0 Å². The number of rotatable bonds is 4. The largest absolute Gasteiger partial charge is 0.454 e. The number of benzene rings is 2. The molecule has 0 unspecified atom stereocenters. The van der Waals surface area contributed by atoms with Crippen LogP contribution in [0.25, 0.3) is 0 Å². The number of likely N-dealkylation sites (tertiary alicyclic amines) is 1. The van der Waals surface area contributed by atoms with E-state index in [0.717, 1.165) is 29.9 Å². The number of hydrogen-bond donors (Lipinski definition) is 0. The first-order chi connectivity index (χ1) is 13.9. The van der Waals surface area contributed by atoms with Gasteiger partial charge in [0.1, 0.15) is 5.56 Å². The number of carbonyl (C=O) groups excluding carboxylic acids is 1. The molecule has 2 aliphatic rings. The summed E-state index contributed by atoms with van der Waals surface area (Å²) in [4.78, 5) is 13.7. The Kier molecular flexibility index (Phi) is 5.34. The summed E-state index contributed by atoms with van der Waals surface area (Å²) in [6.07, 6.45) is 3.02. The van der Waals surface area contributed by atoms with E-state index in [2.05, 4.69) is 0 Å². The summed E-state index contributed by atoms with van der Waals surface area (Å²) in [5.41, 5.74) is -0.0477. The molecule has 8 heteroatoms. The van der Waals surface area contributed by atoms with Crippen molar-refractivity contribution in [1.82, 2.24) is 4.90 Å². The van der Waals surface area contributed by atoms with Gasteiger partial charge in [0.2, 0.25) is 6.79 Å². The van der Waals surface area contributed by atoms with Crippen LogP contribution in [0.5, 0.6) is 11.5 Å². The number of amides is 1. The van der Waals surface area contributed by atoms with Gasteiger partial charge < -0.3 is 14.4 Å². The van der Waals surface area contributed by atoms with Gasteiger partial charge in [-0.15, -0.1) is 0 Å². The predicted octanol–water partition coefficient (Wildman–Crippen LogP) is 4.46. The van der Waals surface area contributed by atoms with Crippen molar-refractivity contribution in [1.29, 1.82) is 0 Å². The molecule has 0 aromatic heterocycles. The first-order valence-corrected chi connectivity index (χ1v) is 9.45. The molecule has 2 aromatic carbocycles. The molecule has 0 saturated carbocycles. The SMILES string of the molecule is O=C(c1c(F)c(F)cc(F)c1F)N1CCC(CCc2ccc3c(c2)OCO3)CC1. The van der Waals surface area contributed by atoms with Gasteiger partial charge in [0.15, 0.2) is 34.8 Å². The van der Waals surface area contributed by atoms with E-state index in [1.807, 2.05) is 18.2 Å². The van der Waals surface area contributed by atoms with Gasteiger partial charge in [-0.3, -0.25) is 4.79 Å². The second-order valence-electron chi connectivity index (χ2n) is 7.31. The molecule has 1 saturated heterocycles. The van der Waals surface area contributed by atoms with Gasteiger partial charge >= 0.3 is 0 Å². The molecule has 1 amide bonds. The summed E-state index contributed by atoms with van der Waals surface area (Å²) in [5, 5.41) is 0. The molecule has 0 spiro atoms. The average Bonchev–Trinajstić information content (AvgIpc) is 3.19. The Morgan fingerprint density at radius 1 is 0.966 bits per heavy atom. The summed E-state index contributed by atoms with van der Waals surface area (Å²) < 4.78 is 65.2. The standard InChI is InChI=1S/C21H19F4NO3/c22-14-10-15(23)20(25)18(19(14)24)21(27)26-7-5-12(6-8-26)1-2-13-3-4-16-17(9-13)29-11-28-16/h3-4,9-10,12H,1-2,5-8,11H2. The van der Waals surface area contributed by atoms with Crippen molar-refractivity contribution in [3.8, 4) is 11.5 Å². The second kappa shape index (κ2) is 7.93. The highest BCUT2D eigenvalue weighted by Gasteiger charge is 2.30. The fourth-order valence-corrected chi connectivity index (χ4v) is 3.81.